The molecule has 4 rings (SSSR count). The third kappa shape index (κ3) is 3.64. The van der Waals surface area contributed by atoms with Crippen molar-refractivity contribution < 1.29 is 14.4 Å². The van der Waals surface area contributed by atoms with Crippen molar-refractivity contribution in [1.82, 2.24) is 10.1 Å². The van der Waals surface area contributed by atoms with E-state index in [1.165, 1.54) is 5.56 Å². The highest BCUT2D eigenvalue weighted by Gasteiger charge is 2.37. The molecule has 3 atom stereocenters. The Kier molecular flexibility index (Phi) is 4.88. The molecule has 5 nitrogen and oxygen atoms in total. The summed E-state index contributed by atoms with van der Waals surface area (Å²) in [7, 11) is 0. The van der Waals surface area contributed by atoms with Crippen molar-refractivity contribution in [2.45, 2.75) is 44.9 Å². The monoisotopic (exact) mass is 342 g/mol. The van der Waals surface area contributed by atoms with E-state index in [4.69, 9.17) is 9.26 Å². The molecule has 1 N–H and O–H groups in total. The zero-order valence-corrected chi connectivity index (χ0v) is 14.7. The number of aromatic nitrogens is 1. The van der Waals surface area contributed by atoms with Gasteiger partial charge in [-0.1, -0.05) is 41.4 Å². The van der Waals surface area contributed by atoms with Crippen molar-refractivity contribution in [1.29, 1.82) is 0 Å². The van der Waals surface area contributed by atoms with E-state index in [1.54, 1.807) is 0 Å². The van der Waals surface area contributed by atoms with Gasteiger partial charge in [0.25, 0.3) is 0 Å². The van der Waals surface area contributed by atoms with Crippen molar-refractivity contribution in [3.8, 4) is 11.3 Å². The Balaban J connectivity index is 1.47. The molecule has 0 unspecified atom stereocenters. The molecular weight excluding hydrogens is 316 g/mol. The van der Waals surface area contributed by atoms with Gasteiger partial charge < -0.3 is 14.4 Å². The molecule has 134 valence electrons. The van der Waals surface area contributed by atoms with Crippen LogP contribution >= 0.6 is 0 Å². The molecule has 2 fully saturated rings. The molecular formula is C20H26N2O3. The van der Waals surface area contributed by atoms with Crippen LogP contribution in [0.3, 0.4) is 0 Å². The first-order chi connectivity index (χ1) is 12.2. The van der Waals surface area contributed by atoms with E-state index >= 15 is 0 Å². The predicted molar refractivity (Wildman–Crippen MR) is 95.0 cm³/mol. The third-order valence-electron chi connectivity index (χ3n) is 5.57. The van der Waals surface area contributed by atoms with E-state index in [0.29, 0.717) is 12.5 Å². The maximum Gasteiger partial charge on any atom is 0.151 e. The Bertz CT molecular complexity index is 697. The van der Waals surface area contributed by atoms with Gasteiger partial charge >= 0.3 is 0 Å². The third-order valence-corrected chi connectivity index (χ3v) is 5.57. The van der Waals surface area contributed by atoms with Crippen LogP contribution in [0.2, 0.25) is 0 Å². The van der Waals surface area contributed by atoms with Crippen LogP contribution < -0.4 is 0 Å². The minimum absolute atomic E-state index is 0.202. The largest absolute Gasteiger partial charge is 0.393 e. The van der Waals surface area contributed by atoms with Gasteiger partial charge in [-0.15, -0.1) is 0 Å². The van der Waals surface area contributed by atoms with Gasteiger partial charge in [-0.2, -0.15) is 0 Å². The lowest BCUT2D eigenvalue weighted by Gasteiger charge is -2.39. The predicted octanol–water partition coefficient (Wildman–Crippen LogP) is 3.01. The van der Waals surface area contributed by atoms with Gasteiger partial charge in [-0.3, -0.25) is 4.90 Å². The summed E-state index contributed by atoms with van der Waals surface area (Å²) in [6, 6.07) is 10.6. The van der Waals surface area contributed by atoms with Crippen LogP contribution in [-0.4, -0.2) is 47.1 Å². The Morgan fingerprint density at radius 3 is 2.84 bits per heavy atom. The number of morpholine rings is 1. The summed E-state index contributed by atoms with van der Waals surface area (Å²) in [6.07, 6.45) is 2.90. The SMILES string of the molecule is Cc1ccc(-c2cc(CN3CCOC[C@@H]3[C@H]3CCC[C@@H]3O)on2)cc1. The number of aryl methyl sites for hydroxylation is 1. The van der Waals surface area contributed by atoms with Crippen molar-refractivity contribution in [2.24, 2.45) is 5.92 Å². The lowest BCUT2D eigenvalue weighted by atomic mass is 9.94. The average molecular weight is 342 g/mol. The van der Waals surface area contributed by atoms with Gasteiger partial charge in [0.1, 0.15) is 5.69 Å². The van der Waals surface area contributed by atoms with Crippen LogP contribution in [0.4, 0.5) is 0 Å². The zero-order chi connectivity index (χ0) is 17.2. The number of ether oxygens (including phenoxy) is 1. The highest BCUT2D eigenvalue weighted by molar-refractivity contribution is 5.59. The number of nitrogens with zero attached hydrogens (tertiary/aromatic N) is 2. The molecule has 1 aliphatic carbocycles. The molecule has 25 heavy (non-hydrogen) atoms. The van der Waals surface area contributed by atoms with Crippen molar-refractivity contribution in [3.05, 3.63) is 41.7 Å². The summed E-state index contributed by atoms with van der Waals surface area (Å²) in [6.45, 7) is 5.09. The molecule has 0 amide bonds. The molecule has 2 aliphatic rings. The van der Waals surface area contributed by atoms with Crippen LogP contribution in [-0.2, 0) is 11.3 Å². The quantitative estimate of drug-likeness (QED) is 0.925. The van der Waals surface area contributed by atoms with Gasteiger partial charge in [0, 0.05) is 30.1 Å². The number of hydrogen-bond donors (Lipinski definition) is 1. The lowest BCUT2D eigenvalue weighted by Crippen LogP contribution is -2.50. The van der Waals surface area contributed by atoms with Crippen LogP contribution in [0, 0.1) is 12.8 Å². The average Bonchev–Trinajstić information content (AvgIpc) is 3.25. The van der Waals surface area contributed by atoms with E-state index in [1.807, 2.05) is 6.07 Å². The van der Waals surface area contributed by atoms with Crippen LogP contribution in [0.1, 0.15) is 30.6 Å². The number of aliphatic hydroxyl groups is 1. The Morgan fingerprint density at radius 1 is 1.24 bits per heavy atom. The first-order valence-corrected chi connectivity index (χ1v) is 9.23. The van der Waals surface area contributed by atoms with E-state index in [0.717, 1.165) is 56.0 Å². The molecule has 0 bridgehead atoms. The lowest BCUT2D eigenvalue weighted by molar-refractivity contribution is -0.0561. The van der Waals surface area contributed by atoms with E-state index in [-0.39, 0.29) is 12.1 Å². The number of rotatable bonds is 4. The molecule has 0 radical (unpaired) electrons. The van der Waals surface area contributed by atoms with Gasteiger partial charge in [-0.25, -0.2) is 0 Å². The first kappa shape index (κ1) is 16.8. The minimum Gasteiger partial charge on any atom is -0.393 e. The number of aliphatic hydroxyl groups excluding tert-OH is 1. The molecule has 1 aliphatic heterocycles. The molecule has 1 aromatic heterocycles. The summed E-state index contributed by atoms with van der Waals surface area (Å²) in [5, 5.41) is 14.5. The van der Waals surface area contributed by atoms with Crippen molar-refractivity contribution in [3.63, 3.8) is 0 Å². The zero-order valence-electron chi connectivity index (χ0n) is 14.7. The molecule has 1 aromatic carbocycles. The normalized spacial score (nSPS) is 27.7. The van der Waals surface area contributed by atoms with Crippen LogP contribution in [0.15, 0.2) is 34.9 Å². The van der Waals surface area contributed by atoms with Crippen molar-refractivity contribution in [2.75, 3.05) is 19.8 Å². The summed E-state index contributed by atoms with van der Waals surface area (Å²) < 4.78 is 11.3. The van der Waals surface area contributed by atoms with Gasteiger partial charge in [0.15, 0.2) is 5.76 Å². The van der Waals surface area contributed by atoms with E-state index < -0.39 is 0 Å². The standard InChI is InChI=1S/C20H26N2O3/c1-14-5-7-15(8-6-14)18-11-16(25-21-18)12-22-9-10-24-13-19(22)17-3-2-4-20(17)23/h5-8,11,17,19-20,23H,2-4,9-10,12-13H2,1H3/t17-,19-,20+/m1/s1. The van der Waals surface area contributed by atoms with Crippen LogP contribution in [0.25, 0.3) is 11.3 Å². The topological polar surface area (TPSA) is 58.7 Å². The maximum atomic E-state index is 10.3. The molecule has 1 saturated carbocycles. The molecule has 5 heteroatoms. The summed E-state index contributed by atoms with van der Waals surface area (Å²) in [5.74, 6) is 1.18. The smallest absolute Gasteiger partial charge is 0.151 e. The fourth-order valence-corrected chi connectivity index (χ4v) is 4.11. The highest BCUT2D eigenvalue weighted by Crippen LogP contribution is 2.33. The highest BCUT2D eigenvalue weighted by atomic mass is 16.5. The Labute approximate surface area is 148 Å². The number of hydrogen-bond acceptors (Lipinski definition) is 5. The van der Waals surface area contributed by atoms with Crippen LogP contribution in [0.5, 0.6) is 0 Å². The Morgan fingerprint density at radius 2 is 2.08 bits per heavy atom. The van der Waals surface area contributed by atoms with Gasteiger partial charge in [0.05, 0.1) is 25.9 Å². The molecule has 2 heterocycles. The van der Waals surface area contributed by atoms with Crippen molar-refractivity contribution >= 4 is 0 Å². The summed E-state index contributed by atoms with van der Waals surface area (Å²) in [4.78, 5) is 2.39. The summed E-state index contributed by atoms with van der Waals surface area (Å²) >= 11 is 0. The van der Waals surface area contributed by atoms with Gasteiger partial charge in [-0.05, 0) is 19.8 Å². The summed E-state index contributed by atoms with van der Waals surface area (Å²) in [5.41, 5.74) is 3.19. The van der Waals surface area contributed by atoms with Gasteiger partial charge in [0.2, 0.25) is 0 Å². The Hall–Kier alpha value is -1.69. The second-order valence-corrected chi connectivity index (χ2v) is 7.32. The van der Waals surface area contributed by atoms with E-state index in [2.05, 4.69) is 41.2 Å². The molecule has 1 saturated heterocycles. The second kappa shape index (κ2) is 7.28. The maximum absolute atomic E-state index is 10.3. The second-order valence-electron chi connectivity index (χ2n) is 7.32. The fraction of sp³-hybridized carbons (Fsp3) is 0.550. The first-order valence-electron chi connectivity index (χ1n) is 9.23. The van der Waals surface area contributed by atoms with E-state index in [9.17, 15) is 5.11 Å². The fourth-order valence-electron chi connectivity index (χ4n) is 4.11. The number of benzene rings is 1. The molecule has 0 spiro atoms. The minimum atomic E-state index is -0.202. The molecule has 2 aromatic rings.